The van der Waals surface area contributed by atoms with Gasteiger partial charge in [0, 0.05) is 36.1 Å². The lowest BCUT2D eigenvalue weighted by Gasteiger charge is -2.28. The number of thiocarbonyl (C=S) groups is 1. The number of methoxy groups -OCH3 is 1. The molecule has 1 saturated heterocycles. The van der Waals surface area contributed by atoms with Crippen molar-refractivity contribution in [3.05, 3.63) is 106 Å². The molecule has 0 unspecified atom stereocenters. The molecule has 2 atom stereocenters. The lowest BCUT2D eigenvalue weighted by Crippen LogP contribution is -2.29. The summed E-state index contributed by atoms with van der Waals surface area (Å²) in [6.45, 7) is 4.93. The molecule has 38 heavy (non-hydrogen) atoms. The minimum absolute atomic E-state index is 0.221. The summed E-state index contributed by atoms with van der Waals surface area (Å²) >= 11 is 12.5. The van der Waals surface area contributed by atoms with Gasteiger partial charge in [0.05, 0.1) is 29.4 Å². The maximum Gasteiger partial charge on any atom is 0.174 e. The van der Waals surface area contributed by atoms with E-state index in [2.05, 4.69) is 25.8 Å². The molecule has 0 aliphatic carbocycles. The molecule has 5 rings (SSSR count). The molecule has 0 saturated carbocycles. The zero-order valence-corrected chi connectivity index (χ0v) is 22.9. The van der Waals surface area contributed by atoms with Crippen LogP contribution in [0.1, 0.15) is 34.7 Å². The maximum atomic E-state index is 14.1. The molecule has 0 spiro atoms. The number of nitrogens with one attached hydrogen (secondary N) is 1. The minimum atomic E-state index is -0.282. The van der Waals surface area contributed by atoms with Crippen molar-refractivity contribution in [1.82, 2.24) is 14.9 Å². The van der Waals surface area contributed by atoms with Gasteiger partial charge in [0.2, 0.25) is 0 Å². The van der Waals surface area contributed by atoms with Crippen LogP contribution in [0.2, 0.25) is 5.02 Å². The third kappa shape index (κ3) is 4.99. The highest BCUT2D eigenvalue weighted by Gasteiger charge is 2.42. The Morgan fingerprint density at radius 1 is 1.03 bits per heavy atom. The summed E-state index contributed by atoms with van der Waals surface area (Å²) in [5.74, 6) is 0.295. The number of rotatable bonds is 8. The quantitative estimate of drug-likeness (QED) is 0.200. The second-order valence-electron chi connectivity index (χ2n) is 9.09. The fourth-order valence-corrected chi connectivity index (χ4v) is 5.62. The third-order valence-corrected chi connectivity index (χ3v) is 7.30. The van der Waals surface area contributed by atoms with E-state index in [1.54, 1.807) is 19.4 Å². The molecule has 2 aromatic heterocycles. The van der Waals surface area contributed by atoms with Crippen LogP contribution in [0.15, 0.2) is 72.9 Å². The summed E-state index contributed by atoms with van der Waals surface area (Å²) in [6, 6.07) is 19.8. The van der Waals surface area contributed by atoms with Crippen molar-refractivity contribution >= 4 is 34.6 Å². The first-order chi connectivity index (χ1) is 18.4. The topological polar surface area (TPSA) is 51.6 Å². The maximum absolute atomic E-state index is 14.1. The standard InChI is InChI=1S/C29H28ClFN4O2S/c1-18-15-23(19(2)34(18)21-8-6-7-20(31)16-21)28-27(25-9-4-5-12-32-25)33-29(38)35(28)22-10-11-26(24(30)17-22)37-14-13-36-3/h4-12,15-17,27-28H,13-14H2,1-3H3,(H,33,38)/t27-,28+/m0/s1. The van der Waals surface area contributed by atoms with Crippen molar-refractivity contribution < 1.29 is 13.9 Å². The van der Waals surface area contributed by atoms with Crippen LogP contribution in [-0.4, -0.2) is 35.0 Å². The number of hydrogen-bond donors (Lipinski definition) is 1. The van der Waals surface area contributed by atoms with Crippen LogP contribution in [0.5, 0.6) is 5.75 Å². The Labute approximate surface area is 232 Å². The van der Waals surface area contributed by atoms with E-state index in [1.165, 1.54) is 12.1 Å². The van der Waals surface area contributed by atoms with Crippen LogP contribution in [0, 0.1) is 19.7 Å². The summed E-state index contributed by atoms with van der Waals surface area (Å²) in [5.41, 5.74) is 5.48. The summed E-state index contributed by atoms with van der Waals surface area (Å²) in [5, 5.41) is 4.52. The lowest BCUT2D eigenvalue weighted by atomic mass is 9.96. The summed E-state index contributed by atoms with van der Waals surface area (Å²) in [6.07, 6.45) is 1.78. The molecule has 1 fully saturated rings. The fourth-order valence-electron chi connectivity index (χ4n) is 5.04. The largest absolute Gasteiger partial charge is 0.490 e. The Hall–Kier alpha value is -3.46. The van der Waals surface area contributed by atoms with Crippen molar-refractivity contribution in [3.63, 3.8) is 0 Å². The molecule has 1 aliphatic heterocycles. The van der Waals surface area contributed by atoms with Gasteiger partial charge in [-0.25, -0.2) is 4.39 Å². The van der Waals surface area contributed by atoms with E-state index >= 15 is 0 Å². The molecule has 9 heteroatoms. The van der Waals surface area contributed by atoms with Crippen LogP contribution in [0.25, 0.3) is 5.69 Å². The number of nitrogens with zero attached hydrogens (tertiary/aromatic N) is 3. The first-order valence-electron chi connectivity index (χ1n) is 12.3. The van der Waals surface area contributed by atoms with Crippen molar-refractivity contribution in [1.29, 1.82) is 0 Å². The second-order valence-corrected chi connectivity index (χ2v) is 9.89. The number of anilines is 1. The summed E-state index contributed by atoms with van der Waals surface area (Å²) in [4.78, 5) is 6.70. The predicted octanol–water partition coefficient (Wildman–Crippen LogP) is 6.48. The summed E-state index contributed by atoms with van der Waals surface area (Å²) in [7, 11) is 1.62. The fraction of sp³-hybridized carbons (Fsp3) is 0.241. The molecule has 0 bridgehead atoms. The van der Waals surface area contributed by atoms with Crippen molar-refractivity contribution in [3.8, 4) is 11.4 Å². The van der Waals surface area contributed by atoms with E-state index in [1.807, 2.05) is 56.3 Å². The lowest BCUT2D eigenvalue weighted by molar-refractivity contribution is 0.146. The van der Waals surface area contributed by atoms with E-state index in [0.29, 0.717) is 29.1 Å². The highest BCUT2D eigenvalue weighted by molar-refractivity contribution is 7.80. The van der Waals surface area contributed by atoms with E-state index in [4.69, 9.17) is 33.3 Å². The van der Waals surface area contributed by atoms with Gasteiger partial charge < -0.3 is 24.3 Å². The highest BCUT2D eigenvalue weighted by atomic mass is 35.5. The minimum Gasteiger partial charge on any atom is -0.490 e. The molecular formula is C29H28ClFN4O2S. The van der Waals surface area contributed by atoms with Crippen LogP contribution < -0.4 is 15.0 Å². The molecule has 1 N–H and O–H groups in total. The van der Waals surface area contributed by atoms with Crippen LogP contribution in [-0.2, 0) is 4.74 Å². The van der Waals surface area contributed by atoms with E-state index in [-0.39, 0.29) is 17.9 Å². The number of hydrogen-bond acceptors (Lipinski definition) is 4. The first-order valence-corrected chi connectivity index (χ1v) is 13.0. The third-order valence-electron chi connectivity index (χ3n) is 6.69. The number of aromatic nitrogens is 2. The van der Waals surface area contributed by atoms with Crippen LogP contribution in [0.4, 0.5) is 10.1 Å². The average molecular weight is 551 g/mol. The van der Waals surface area contributed by atoms with Crippen molar-refractivity contribution in [2.45, 2.75) is 25.9 Å². The Kier molecular flexibility index (Phi) is 7.65. The molecule has 2 aromatic carbocycles. The number of benzene rings is 2. The second kappa shape index (κ2) is 11.1. The van der Waals surface area contributed by atoms with E-state index in [9.17, 15) is 4.39 Å². The monoisotopic (exact) mass is 550 g/mol. The Balaban J connectivity index is 1.61. The molecule has 4 aromatic rings. The Morgan fingerprint density at radius 2 is 1.87 bits per heavy atom. The zero-order chi connectivity index (χ0) is 26.8. The van der Waals surface area contributed by atoms with Gasteiger partial charge in [-0.15, -0.1) is 0 Å². The van der Waals surface area contributed by atoms with Gasteiger partial charge in [-0.2, -0.15) is 0 Å². The zero-order valence-electron chi connectivity index (χ0n) is 21.3. The van der Waals surface area contributed by atoms with Gasteiger partial charge in [-0.3, -0.25) is 4.98 Å². The van der Waals surface area contributed by atoms with Gasteiger partial charge in [-0.1, -0.05) is 23.7 Å². The van der Waals surface area contributed by atoms with Gasteiger partial charge in [-0.05, 0) is 86.2 Å². The van der Waals surface area contributed by atoms with Crippen molar-refractivity contribution in [2.24, 2.45) is 0 Å². The molecular weight excluding hydrogens is 523 g/mol. The Morgan fingerprint density at radius 3 is 2.58 bits per heavy atom. The van der Waals surface area contributed by atoms with Gasteiger partial charge in [0.15, 0.2) is 5.11 Å². The van der Waals surface area contributed by atoms with Crippen molar-refractivity contribution in [2.75, 3.05) is 25.2 Å². The molecule has 6 nitrogen and oxygen atoms in total. The summed E-state index contributed by atoms with van der Waals surface area (Å²) < 4.78 is 27.0. The van der Waals surface area contributed by atoms with Crippen LogP contribution in [0.3, 0.4) is 0 Å². The van der Waals surface area contributed by atoms with E-state index < -0.39 is 0 Å². The van der Waals surface area contributed by atoms with Gasteiger partial charge in [0.25, 0.3) is 0 Å². The smallest absolute Gasteiger partial charge is 0.174 e. The highest BCUT2D eigenvalue weighted by Crippen LogP contribution is 2.45. The molecule has 0 amide bonds. The van der Waals surface area contributed by atoms with Gasteiger partial charge >= 0.3 is 0 Å². The van der Waals surface area contributed by atoms with Crippen LogP contribution >= 0.6 is 23.8 Å². The first kappa shape index (κ1) is 26.2. The normalized spacial score (nSPS) is 17.1. The number of ether oxygens (including phenoxy) is 2. The molecule has 1 aliphatic rings. The number of aryl methyl sites for hydroxylation is 1. The Bertz CT molecular complexity index is 1460. The number of halogens is 2. The van der Waals surface area contributed by atoms with Gasteiger partial charge in [0.1, 0.15) is 18.2 Å². The SMILES string of the molecule is COCCOc1ccc(N2C(=S)N[C@@H](c3ccccn3)[C@H]2c2cc(C)n(-c3cccc(F)c3)c2C)cc1Cl. The number of pyridine rings is 1. The molecule has 0 radical (unpaired) electrons. The molecule has 3 heterocycles. The van der Waals surface area contributed by atoms with E-state index in [0.717, 1.165) is 34.0 Å². The average Bonchev–Trinajstić information content (AvgIpc) is 3.40. The predicted molar refractivity (Wildman–Crippen MR) is 152 cm³/mol. The molecule has 196 valence electrons.